The summed E-state index contributed by atoms with van der Waals surface area (Å²) in [5.41, 5.74) is 6.32. The number of hydrogen-bond acceptors (Lipinski definition) is 8. The van der Waals surface area contributed by atoms with Crippen LogP contribution in [0.15, 0.2) is 53.1 Å². The van der Waals surface area contributed by atoms with E-state index in [1.165, 1.54) is 30.6 Å². The zero-order chi connectivity index (χ0) is 22.2. The minimum atomic E-state index is -1.01. The van der Waals surface area contributed by atoms with Crippen molar-refractivity contribution < 1.29 is 14.0 Å². The summed E-state index contributed by atoms with van der Waals surface area (Å²) in [5, 5.41) is 8.97. The van der Waals surface area contributed by atoms with Crippen molar-refractivity contribution in [2.45, 2.75) is 12.2 Å². The maximum Gasteiger partial charge on any atom is 0.271 e. The molecule has 11 heteroatoms. The van der Waals surface area contributed by atoms with Crippen molar-refractivity contribution in [3.8, 4) is 0 Å². The molecule has 0 saturated carbocycles. The van der Waals surface area contributed by atoms with Crippen LogP contribution in [-0.4, -0.2) is 40.7 Å². The first kappa shape index (κ1) is 20.8. The smallest absolute Gasteiger partial charge is 0.271 e. The lowest BCUT2D eigenvalue weighted by Gasteiger charge is -2.41. The van der Waals surface area contributed by atoms with Gasteiger partial charge in [0.25, 0.3) is 5.91 Å². The predicted molar refractivity (Wildman–Crippen MR) is 113 cm³/mol. The summed E-state index contributed by atoms with van der Waals surface area (Å²) in [5.74, 6) is -0.330. The second-order valence-electron chi connectivity index (χ2n) is 7.15. The van der Waals surface area contributed by atoms with Crippen LogP contribution in [0, 0.1) is 5.82 Å². The Morgan fingerprint density at radius 3 is 2.94 bits per heavy atom. The van der Waals surface area contributed by atoms with E-state index >= 15 is 0 Å². The lowest BCUT2D eigenvalue weighted by molar-refractivity contribution is -0.117. The molecular weight excluding hydrogens is 425 g/mol. The van der Waals surface area contributed by atoms with E-state index in [9.17, 15) is 14.0 Å². The molecule has 1 aromatic carbocycles. The molecule has 0 bridgehead atoms. The number of rotatable bonds is 4. The average Bonchev–Trinajstić information content (AvgIpc) is 2.98. The fraction of sp³-hybridized carbons (Fsp3) is 0.200. The number of nitrogens with two attached hydrogens (primary N) is 1. The number of anilines is 2. The highest BCUT2D eigenvalue weighted by Gasteiger charge is 2.50. The number of carbonyl (C=O) groups excluding carboxylic acids is 2. The maximum atomic E-state index is 14.0. The number of aldehydes is 1. The molecule has 1 fully saturated rings. The van der Waals surface area contributed by atoms with Gasteiger partial charge in [-0.2, -0.15) is 0 Å². The number of aromatic nitrogens is 2. The quantitative estimate of drug-likeness (QED) is 0.410. The van der Waals surface area contributed by atoms with Crippen molar-refractivity contribution in [3.05, 3.63) is 70.0 Å². The van der Waals surface area contributed by atoms with Crippen LogP contribution < -0.4 is 21.7 Å². The Balaban J connectivity index is 1.71. The van der Waals surface area contributed by atoms with Crippen molar-refractivity contribution in [2.24, 2.45) is 0 Å². The van der Waals surface area contributed by atoms with Gasteiger partial charge in [-0.1, -0.05) is 17.7 Å². The van der Waals surface area contributed by atoms with E-state index in [4.69, 9.17) is 17.3 Å². The molecule has 1 amide bonds. The molecule has 31 heavy (non-hydrogen) atoms. The molecule has 1 unspecified atom stereocenters. The Morgan fingerprint density at radius 1 is 1.39 bits per heavy atom. The Bertz CT molecular complexity index is 1140. The Labute approximate surface area is 182 Å². The minimum Gasteiger partial charge on any atom is -0.384 e. The van der Waals surface area contributed by atoms with Gasteiger partial charge in [-0.25, -0.2) is 14.4 Å². The number of hydrogen-bond donors (Lipinski definition) is 4. The normalized spacial score (nSPS) is 22.2. The molecule has 5 N–H and O–H groups in total. The highest BCUT2D eigenvalue weighted by molar-refractivity contribution is 6.33. The summed E-state index contributed by atoms with van der Waals surface area (Å²) in [6, 6.07) is 5.92. The fourth-order valence-corrected chi connectivity index (χ4v) is 4.14. The van der Waals surface area contributed by atoms with Gasteiger partial charge in [0.15, 0.2) is 11.9 Å². The summed E-state index contributed by atoms with van der Waals surface area (Å²) in [6.45, 7) is 0.900. The van der Waals surface area contributed by atoms with Gasteiger partial charge in [0.2, 0.25) is 0 Å². The Kier molecular flexibility index (Phi) is 5.34. The standard InChI is InChI=1S/C20H19ClFN7O2/c1-29-18(15(21)5-13(8-30)27-17-6-16(23)25-10-26-17)19(31)28-20(29)9-24-7-11-2-3-12(22)4-14(11)20/h2-6,8,10,24H,7,9H2,1H3,(H,28,31)(H3,23,25,26,27)/b13-5+,18-15+. The molecule has 2 aromatic rings. The molecule has 2 aliphatic rings. The van der Waals surface area contributed by atoms with E-state index < -0.39 is 17.4 Å². The van der Waals surface area contributed by atoms with Gasteiger partial charge in [0.1, 0.15) is 29.5 Å². The van der Waals surface area contributed by atoms with Crippen LogP contribution in [0.5, 0.6) is 0 Å². The van der Waals surface area contributed by atoms with Crippen LogP contribution in [0.25, 0.3) is 0 Å². The van der Waals surface area contributed by atoms with Gasteiger partial charge in [0, 0.05) is 31.8 Å². The van der Waals surface area contributed by atoms with Crippen molar-refractivity contribution >= 4 is 35.4 Å². The van der Waals surface area contributed by atoms with E-state index in [2.05, 4.69) is 25.9 Å². The number of halogens is 2. The molecule has 1 aromatic heterocycles. The van der Waals surface area contributed by atoms with Crippen LogP contribution in [0.4, 0.5) is 16.0 Å². The highest BCUT2D eigenvalue weighted by atomic mass is 35.5. The summed E-state index contributed by atoms with van der Waals surface area (Å²) in [4.78, 5) is 33.8. The zero-order valence-electron chi connectivity index (χ0n) is 16.4. The third-order valence-corrected chi connectivity index (χ3v) is 5.54. The van der Waals surface area contributed by atoms with Crippen molar-refractivity contribution in [2.75, 3.05) is 24.6 Å². The summed E-state index contributed by atoms with van der Waals surface area (Å²) in [7, 11) is 1.68. The Hall–Kier alpha value is -3.50. The van der Waals surface area contributed by atoms with Crippen LogP contribution in [-0.2, 0) is 21.8 Å². The molecule has 2 aliphatic heterocycles. The number of nitrogens with zero attached hydrogens (tertiary/aromatic N) is 3. The third kappa shape index (κ3) is 3.71. The molecular formula is C20H19ClFN7O2. The summed E-state index contributed by atoms with van der Waals surface area (Å²) < 4.78 is 14.0. The van der Waals surface area contributed by atoms with E-state index in [1.54, 1.807) is 18.0 Å². The third-order valence-electron chi connectivity index (χ3n) is 5.25. The fourth-order valence-electron chi connectivity index (χ4n) is 3.81. The minimum absolute atomic E-state index is 0.0250. The molecule has 1 saturated heterocycles. The second-order valence-corrected chi connectivity index (χ2v) is 7.55. The van der Waals surface area contributed by atoms with Crippen LogP contribution in [0.2, 0.25) is 0 Å². The average molecular weight is 444 g/mol. The number of amides is 1. The van der Waals surface area contributed by atoms with Gasteiger partial charge in [-0.05, 0) is 23.8 Å². The molecule has 9 nitrogen and oxygen atoms in total. The summed E-state index contributed by atoms with van der Waals surface area (Å²) >= 11 is 6.46. The van der Waals surface area contributed by atoms with Crippen LogP contribution in [0.1, 0.15) is 11.1 Å². The summed E-state index contributed by atoms with van der Waals surface area (Å²) in [6.07, 6.45) is 3.10. The molecule has 1 atom stereocenters. The van der Waals surface area contributed by atoms with E-state index in [-0.39, 0.29) is 22.2 Å². The highest BCUT2D eigenvalue weighted by Crippen LogP contribution is 2.39. The van der Waals surface area contributed by atoms with Gasteiger partial charge in [-0.3, -0.25) is 9.59 Å². The molecule has 1 spiro atoms. The number of carbonyl (C=O) groups is 2. The number of nitrogens with one attached hydrogen (secondary N) is 3. The lowest BCUT2D eigenvalue weighted by atomic mass is 9.90. The Morgan fingerprint density at radius 2 is 2.19 bits per heavy atom. The predicted octanol–water partition coefficient (Wildman–Crippen LogP) is 1.16. The number of fused-ring (bicyclic) bond motifs is 2. The van der Waals surface area contributed by atoms with E-state index in [0.717, 1.165) is 5.56 Å². The van der Waals surface area contributed by atoms with Crippen molar-refractivity contribution in [1.29, 1.82) is 0 Å². The molecule has 3 heterocycles. The molecule has 160 valence electrons. The van der Waals surface area contributed by atoms with Crippen molar-refractivity contribution in [1.82, 2.24) is 25.5 Å². The molecule has 0 radical (unpaired) electrons. The number of nitrogen functional groups attached to an aromatic ring is 1. The molecule has 0 aliphatic carbocycles. The van der Waals surface area contributed by atoms with Crippen LogP contribution >= 0.6 is 11.6 Å². The first-order valence-corrected chi connectivity index (χ1v) is 9.69. The first-order valence-electron chi connectivity index (χ1n) is 9.31. The van der Waals surface area contributed by atoms with Gasteiger partial charge in [-0.15, -0.1) is 0 Å². The van der Waals surface area contributed by atoms with Gasteiger partial charge >= 0.3 is 0 Å². The maximum absolute atomic E-state index is 14.0. The number of benzene rings is 1. The topological polar surface area (TPSA) is 125 Å². The largest absolute Gasteiger partial charge is 0.384 e. The SMILES string of the molecule is CN1/C(=C(Cl)\C=C(/C=O)Nc2cc(N)ncn2)C(=O)NC12CNCc1ccc(F)cc12. The monoisotopic (exact) mass is 443 g/mol. The lowest BCUT2D eigenvalue weighted by Crippen LogP contribution is -2.57. The number of allylic oxidation sites excluding steroid dienone is 3. The van der Waals surface area contributed by atoms with E-state index in [0.29, 0.717) is 30.8 Å². The van der Waals surface area contributed by atoms with Gasteiger partial charge in [0.05, 0.1) is 10.7 Å². The van der Waals surface area contributed by atoms with Crippen molar-refractivity contribution in [3.63, 3.8) is 0 Å². The van der Waals surface area contributed by atoms with E-state index in [1.807, 2.05) is 0 Å². The molecule has 4 rings (SSSR count). The van der Waals surface area contributed by atoms with Crippen LogP contribution in [0.3, 0.4) is 0 Å². The zero-order valence-corrected chi connectivity index (χ0v) is 17.2. The number of likely N-dealkylation sites (N-methyl/N-ethyl adjacent to an activating group) is 1. The second kappa shape index (κ2) is 7.97. The first-order chi connectivity index (χ1) is 14.8. The van der Waals surface area contributed by atoms with Gasteiger partial charge < -0.3 is 26.6 Å².